The van der Waals surface area contributed by atoms with E-state index >= 15 is 0 Å². The van der Waals surface area contributed by atoms with E-state index < -0.39 is 36.0 Å². The lowest BCUT2D eigenvalue weighted by molar-refractivity contribution is 0.102. The van der Waals surface area contributed by atoms with Crippen molar-refractivity contribution in [2.45, 2.75) is 14.7 Å². The number of aromatic nitrogens is 2. The fraction of sp³-hybridized carbons (Fsp3) is 0.0870. The number of carbonyl (C=O) groups is 1. The topological polar surface area (TPSA) is 193 Å². The average Bonchev–Trinajstić information content (AvgIpc) is 3.54. The Labute approximate surface area is 242 Å². The highest BCUT2D eigenvalue weighted by Crippen LogP contribution is 2.31. The van der Waals surface area contributed by atoms with Crippen LogP contribution >= 0.6 is 22.7 Å². The van der Waals surface area contributed by atoms with Crippen LogP contribution in [0.2, 0.25) is 0 Å². The molecule has 0 saturated heterocycles. The molecular formula is C23H20N6O7S5. The molecule has 0 aliphatic heterocycles. The van der Waals surface area contributed by atoms with Crippen molar-refractivity contribution in [1.29, 1.82) is 0 Å². The van der Waals surface area contributed by atoms with Crippen molar-refractivity contribution in [2.75, 3.05) is 24.1 Å². The van der Waals surface area contributed by atoms with E-state index in [1.165, 1.54) is 74.8 Å². The Balaban J connectivity index is 1.41. The number of nitrogens with zero attached hydrogens (tertiary/aromatic N) is 2. The zero-order valence-electron chi connectivity index (χ0n) is 21.1. The van der Waals surface area contributed by atoms with Crippen LogP contribution in [0.5, 0.6) is 0 Å². The van der Waals surface area contributed by atoms with Crippen LogP contribution in [0.4, 0.5) is 10.3 Å². The van der Waals surface area contributed by atoms with Crippen molar-refractivity contribution < 1.29 is 30.0 Å². The molecule has 0 fully saturated rings. The third-order valence-corrected chi connectivity index (χ3v) is 12.0. The molecular weight excluding hydrogens is 633 g/mol. The van der Waals surface area contributed by atoms with Gasteiger partial charge in [0, 0.05) is 0 Å². The van der Waals surface area contributed by atoms with Crippen LogP contribution in [0.25, 0.3) is 20.4 Å². The van der Waals surface area contributed by atoms with Crippen LogP contribution in [-0.4, -0.2) is 55.2 Å². The number of sulfonamides is 3. The van der Waals surface area contributed by atoms with Crippen LogP contribution in [0.1, 0.15) is 10.4 Å². The van der Waals surface area contributed by atoms with Gasteiger partial charge in [-0.05, 0) is 62.6 Å². The van der Waals surface area contributed by atoms with Gasteiger partial charge < -0.3 is 0 Å². The van der Waals surface area contributed by atoms with Crippen molar-refractivity contribution in [3.05, 3.63) is 66.2 Å². The Morgan fingerprint density at radius 3 is 1.76 bits per heavy atom. The molecule has 0 unspecified atom stereocenters. The Kier molecular flexibility index (Phi) is 7.57. The third-order valence-electron chi connectivity index (χ3n) is 5.74. The Morgan fingerprint density at radius 1 is 0.683 bits per heavy atom. The maximum Gasteiger partial charge on any atom is 0.264 e. The molecule has 214 valence electrons. The Bertz CT molecular complexity index is 2160. The average molecular weight is 653 g/mol. The van der Waals surface area contributed by atoms with E-state index in [4.69, 9.17) is 0 Å². The number of hydrogen-bond donors (Lipinski definition) is 4. The molecule has 2 aromatic heterocycles. The second-order valence-corrected chi connectivity index (χ2v) is 15.8. The third kappa shape index (κ3) is 5.80. The predicted octanol–water partition coefficient (Wildman–Crippen LogP) is 2.78. The van der Waals surface area contributed by atoms with Crippen molar-refractivity contribution in [3.63, 3.8) is 0 Å². The molecule has 0 atom stereocenters. The summed E-state index contributed by atoms with van der Waals surface area (Å²) in [6.45, 7) is 0. The summed E-state index contributed by atoms with van der Waals surface area (Å²) >= 11 is 1.96. The van der Waals surface area contributed by atoms with E-state index in [0.717, 1.165) is 22.7 Å². The van der Waals surface area contributed by atoms with Crippen molar-refractivity contribution in [2.24, 2.45) is 0 Å². The Hall–Kier alpha value is -3.52. The molecule has 1 amide bonds. The first-order chi connectivity index (χ1) is 19.3. The minimum Gasteiger partial charge on any atom is -0.298 e. The van der Waals surface area contributed by atoms with Gasteiger partial charge in [-0.2, -0.15) is 0 Å². The number of nitrogens with one attached hydrogen (secondary N) is 4. The number of carbonyl (C=O) groups excluding carboxylic acids is 1. The summed E-state index contributed by atoms with van der Waals surface area (Å²) in [5.74, 6) is -0.751. The van der Waals surface area contributed by atoms with E-state index in [0.29, 0.717) is 20.4 Å². The number of anilines is 2. The second kappa shape index (κ2) is 10.7. The first-order valence-electron chi connectivity index (χ1n) is 11.4. The normalized spacial score (nSPS) is 12.5. The van der Waals surface area contributed by atoms with Gasteiger partial charge in [0.1, 0.15) is 4.90 Å². The number of rotatable bonds is 9. The van der Waals surface area contributed by atoms with Gasteiger partial charge in [-0.3, -0.25) is 14.8 Å². The first kappa shape index (κ1) is 29.0. The minimum absolute atomic E-state index is 0.00213. The largest absolute Gasteiger partial charge is 0.298 e. The van der Waals surface area contributed by atoms with Crippen molar-refractivity contribution >= 4 is 89.3 Å². The van der Waals surface area contributed by atoms with Gasteiger partial charge in [-0.1, -0.05) is 34.8 Å². The van der Waals surface area contributed by atoms with Crippen LogP contribution in [0.3, 0.4) is 0 Å². The molecule has 5 rings (SSSR count). The molecule has 0 bridgehead atoms. The number of thiazole rings is 2. The van der Waals surface area contributed by atoms with Crippen molar-refractivity contribution in [1.82, 2.24) is 19.4 Å². The molecule has 3 aromatic carbocycles. The second-order valence-electron chi connectivity index (χ2n) is 8.27. The van der Waals surface area contributed by atoms with Gasteiger partial charge in [0.2, 0.25) is 20.0 Å². The summed E-state index contributed by atoms with van der Waals surface area (Å²) in [7, 11) is -9.12. The zero-order chi connectivity index (χ0) is 29.6. The predicted molar refractivity (Wildman–Crippen MR) is 157 cm³/mol. The summed E-state index contributed by atoms with van der Waals surface area (Å²) in [6.07, 6.45) is 0. The quantitative estimate of drug-likeness (QED) is 0.185. The molecule has 13 nitrogen and oxygen atoms in total. The maximum atomic E-state index is 13.3. The highest BCUT2D eigenvalue weighted by Gasteiger charge is 2.25. The van der Waals surface area contributed by atoms with Crippen molar-refractivity contribution in [3.8, 4) is 0 Å². The molecule has 18 heteroatoms. The zero-order valence-corrected chi connectivity index (χ0v) is 25.1. The van der Waals surface area contributed by atoms with E-state index in [2.05, 4.69) is 29.5 Å². The van der Waals surface area contributed by atoms with Crippen LogP contribution < -0.4 is 19.5 Å². The van der Waals surface area contributed by atoms with E-state index in [-0.39, 0.29) is 30.5 Å². The van der Waals surface area contributed by atoms with E-state index in [1.54, 1.807) is 0 Å². The fourth-order valence-corrected chi connectivity index (χ4v) is 8.61. The molecule has 0 aliphatic rings. The molecule has 41 heavy (non-hydrogen) atoms. The van der Waals surface area contributed by atoms with Gasteiger partial charge in [0.05, 0.1) is 35.8 Å². The van der Waals surface area contributed by atoms with Crippen LogP contribution in [0.15, 0.2) is 75.4 Å². The minimum atomic E-state index is -4.31. The molecule has 4 N–H and O–H groups in total. The number of amides is 1. The fourth-order valence-electron chi connectivity index (χ4n) is 3.70. The van der Waals surface area contributed by atoms with E-state index in [9.17, 15) is 30.0 Å². The van der Waals surface area contributed by atoms with Gasteiger partial charge in [-0.25, -0.2) is 44.7 Å². The molecule has 0 saturated carbocycles. The molecule has 0 spiro atoms. The summed E-state index contributed by atoms with van der Waals surface area (Å²) in [5.41, 5.74) is 0.668. The maximum absolute atomic E-state index is 13.3. The van der Waals surface area contributed by atoms with E-state index in [1.807, 2.05) is 0 Å². The summed E-state index contributed by atoms with van der Waals surface area (Å²) in [4.78, 5) is 21.4. The van der Waals surface area contributed by atoms with Gasteiger partial charge in [-0.15, -0.1) is 0 Å². The Morgan fingerprint density at radius 2 is 1.20 bits per heavy atom. The highest BCUT2D eigenvalue weighted by atomic mass is 32.2. The molecule has 0 radical (unpaired) electrons. The highest BCUT2D eigenvalue weighted by molar-refractivity contribution is 7.93. The summed E-state index contributed by atoms with van der Waals surface area (Å²) in [5, 5.41) is 2.70. The molecule has 2 heterocycles. The van der Waals surface area contributed by atoms with Crippen LogP contribution in [0, 0.1) is 0 Å². The standard InChI is InChI=1S/C23H20N6O7S5/c1-24-39(31,32)13-7-9-16-18(11-13)37-22(26-16)28-21(30)15-5-3-4-6-20(15)41(35,36)29-23-27-17-10-8-14(12-19(17)38-23)40(33,34)25-2/h3-12,24-25H,1-2H3,(H,27,29)(H,26,28,30). The lowest BCUT2D eigenvalue weighted by atomic mass is 10.2. The molecule has 0 aliphatic carbocycles. The number of fused-ring (bicyclic) bond motifs is 2. The monoisotopic (exact) mass is 652 g/mol. The van der Waals surface area contributed by atoms with Crippen LogP contribution in [-0.2, 0) is 30.1 Å². The van der Waals surface area contributed by atoms with Gasteiger partial charge in [0.25, 0.3) is 15.9 Å². The van der Waals surface area contributed by atoms with Gasteiger partial charge in [0.15, 0.2) is 10.3 Å². The lowest BCUT2D eigenvalue weighted by Gasteiger charge is -2.10. The number of hydrogen-bond acceptors (Lipinski definition) is 11. The van der Waals surface area contributed by atoms with Gasteiger partial charge >= 0.3 is 0 Å². The summed E-state index contributed by atoms with van der Waals surface area (Å²) in [6, 6.07) is 14.1. The SMILES string of the molecule is CNS(=O)(=O)c1ccc2nc(NC(=O)c3ccccc3S(=O)(=O)Nc3nc4ccc(S(=O)(=O)NC)cc4s3)sc2c1. The lowest BCUT2D eigenvalue weighted by Crippen LogP contribution is -2.20. The smallest absolute Gasteiger partial charge is 0.264 e. The summed E-state index contributed by atoms with van der Waals surface area (Å²) < 4.78 is 82.8. The molecule has 5 aromatic rings. The first-order valence-corrected chi connectivity index (χ1v) is 17.5. The number of benzene rings is 3.